The predicted octanol–water partition coefficient (Wildman–Crippen LogP) is 2.90. The molecule has 1 aliphatic rings. The summed E-state index contributed by atoms with van der Waals surface area (Å²) >= 11 is 1.51. The second-order valence-electron chi connectivity index (χ2n) is 5.33. The van der Waals surface area contributed by atoms with Gasteiger partial charge >= 0.3 is 0 Å². The maximum Gasteiger partial charge on any atom is 0.212 e. The number of anilines is 1. The highest BCUT2D eigenvalue weighted by atomic mass is 32.2. The third-order valence-electron chi connectivity index (χ3n) is 3.70. The molecule has 0 saturated heterocycles. The Morgan fingerprint density at radius 1 is 1.16 bits per heavy atom. The van der Waals surface area contributed by atoms with E-state index in [9.17, 15) is 5.21 Å². The number of ether oxygens (including phenoxy) is 1. The van der Waals surface area contributed by atoms with Gasteiger partial charge in [-0.3, -0.25) is 5.21 Å². The molecule has 1 aliphatic heterocycles. The molecule has 0 saturated carbocycles. The van der Waals surface area contributed by atoms with Gasteiger partial charge in [0.05, 0.1) is 5.69 Å². The molecule has 0 spiro atoms. The van der Waals surface area contributed by atoms with Gasteiger partial charge in [0.2, 0.25) is 5.16 Å². The van der Waals surface area contributed by atoms with Crippen LogP contribution >= 0.6 is 11.8 Å². The number of hydrogen-bond donors (Lipinski definition) is 2. The lowest BCUT2D eigenvalue weighted by atomic mass is 10.2. The van der Waals surface area contributed by atoms with Gasteiger partial charge in [0.1, 0.15) is 17.7 Å². The summed E-state index contributed by atoms with van der Waals surface area (Å²) in [6.45, 7) is 0.298. The summed E-state index contributed by atoms with van der Waals surface area (Å²) in [5, 5.41) is 28.6. The van der Waals surface area contributed by atoms with Gasteiger partial charge in [0.15, 0.2) is 5.82 Å². The van der Waals surface area contributed by atoms with Crippen LogP contribution in [0.4, 0.5) is 5.69 Å². The van der Waals surface area contributed by atoms with Gasteiger partial charge in [-0.1, -0.05) is 42.1 Å². The van der Waals surface area contributed by atoms with Crippen molar-refractivity contribution in [3.63, 3.8) is 0 Å². The second-order valence-corrected chi connectivity index (χ2v) is 6.40. The molecule has 25 heavy (non-hydrogen) atoms. The molecule has 1 atom stereocenters. The van der Waals surface area contributed by atoms with E-state index in [0.717, 1.165) is 16.5 Å². The minimum atomic E-state index is -0.160. The maximum atomic E-state index is 10.9. The molecule has 0 aliphatic carbocycles. The average Bonchev–Trinajstić information content (AvgIpc) is 3.22. The van der Waals surface area contributed by atoms with Crippen molar-refractivity contribution in [3.05, 3.63) is 71.2 Å². The molecule has 2 heterocycles. The molecule has 9 heteroatoms. The second kappa shape index (κ2) is 6.63. The molecular formula is C16H14N5O3S-. The number of aromatic nitrogens is 3. The molecule has 0 radical (unpaired) electrons. The first-order valence-electron chi connectivity index (χ1n) is 7.52. The largest absolute Gasteiger partial charge is 0.733 e. The fraction of sp³-hybridized carbons (Fsp3) is 0.125. The number of nitrogens with one attached hydrogen (secondary N) is 1. The average molecular weight is 356 g/mol. The minimum Gasteiger partial charge on any atom is -0.733 e. The topological polar surface area (TPSA) is 98.5 Å². The Bertz CT molecular complexity index is 854. The smallest absolute Gasteiger partial charge is 0.212 e. The van der Waals surface area contributed by atoms with E-state index in [1.807, 2.05) is 30.3 Å². The van der Waals surface area contributed by atoms with Crippen molar-refractivity contribution in [2.75, 3.05) is 10.7 Å². The van der Waals surface area contributed by atoms with Crippen molar-refractivity contribution in [1.82, 2.24) is 14.9 Å². The summed E-state index contributed by atoms with van der Waals surface area (Å²) in [6, 6.07) is 16.2. The van der Waals surface area contributed by atoms with Crippen LogP contribution in [0.2, 0.25) is 0 Å². The molecule has 0 unspecified atom stereocenters. The Morgan fingerprint density at radius 3 is 2.64 bits per heavy atom. The quantitative estimate of drug-likeness (QED) is 0.673. The van der Waals surface area contributed by atoms with Crippen molar-refractivity contribution in [1.29, 1.82) is 0 Å². The molecule has 3 aromatic rings. The fourth-order valence-corrected chi connectivity index (χ4v) is 3.45. The minimum absolute atomic E-state index is 0.0613. The third-order valence-corrected chi connectivity index (χ3v) is 4.79. The van der Waals surface area contributed by atoms with E-state index in [0.29, 0.717) is 12.4 Å². The van der Waals surface area contributed by atoms with Crippen molar-refractivity contribution in [2.45, 2.75) is 17.1 Å². The van der Waals surface area contributed by atoms with Crippen molar-refractivity contribution < 1.29 is 9.94 Å². The zero-order chi connectivity index (χ0) is 17.2. The van der Waals surface area contributed by atoms with Crippen LogP contribution in [0, 0.1) is 5.21 Å². The highest BCUT2D eigenvalue weighted by Crippen LogP contribution is 2.38. The molecule has 4 rings (SSSR count). The van der Waals surface area contributed by atoms with Crippen LogP contribution in [0.25, 0.3) is 0 Å². The van der Waals surface area contributed by atoms with Gasteiger partial charge in [-0.25, -0.2) is 4.68 Å². The number of rotatable bonds is 5. The van der Waals surface area contributed by atoms with Crippen LogP contribution in [0.1, 0.15) is 16.8 Å². The van der Waals surface area contributed by atoms with E-state index in [1.54, 1.807) is 28.9 Å². The van der Waals surface area contributed by atoms with Gasteiger partial charge in [0, 0.05) is 0 Å². The van der Waals surface area contributed by atoms with Gasteiger partial charge in [-0.15, -0.1) is 10.2 Å². The zero-order valence-electron chi connectivity index (χ0n) is 12.9. The molecular weight excluding hydrogens is 342 g/mol. The first-order valence-corrected chi connectivity index (χ1v) is 8.40. The third kappa shape index (κ3) is 3.25. The van der Waals surface area contributed by atoms with E-state index in [2.05, 4.69) is 15.6 Å². The molecule has 0 fully saturated rings. The van der Waals surface area contributed by atoms with E-state index in [1.165, 1.54) is 11.8 Å². The van der Waals surface area contributed by atoms with Crippen LogP contribution in [0.15, 0.2) is 59.8 Å². The van der Waals surface area contributed by atoms with Crippen LogP contribution in [0.3, 0.4) is 0 Å². The number of benzene rings is 2. The molecule has 2 aromatic carbocycles. The van der Waals surface area contributed by atoms with Crippen LogP contribution in [0.5, 0.6) is 5.75 Å². The van der Waals surface area contributed by atoms with Gasteiger partial charge < -0.3 is 20.6 Å². The normalized spacial score (nSPS) is 15.5. The van der Waals surface area contributed by atoms with Crippen LogP contribution in [-0.2, 0) is 6.61 Å². The Labute approximate surface area is 147 Å². The Morgan fingerprint density at radius 2 is 1.92 bits per heavy atom. The molecule has 128 valence electrons. The molecule has 8 nitrogen and oxygen atoms in total. The number of thioether (sulfide) groups is 1. The summed E-state index contributed by atoms with van der Waals surface area (Å²) in [7, 11) is 0. The molecule has 2 N–H and O–H groups in total. The van der Waals surface area contributed by atoms with Gasteiger partial charge in [0.25, 0.3) is 0 Å². The maximum absolute atomic E-state index is 10.9. The summed E-state index contributed by atoms with van der Waals surface area (Å²) < 4.78 is 7.52. The van der Waals surface area contributed by atoms with Crippen molar-refractivity contribution >= 4 is 17.4 Å². The van der Waals surface area contributed by atoms with Gasteiger partial charge in [-0.2, -0.15) is 0 Å². The SMILES string of the molecule is [O-]N(O)c1ccc([C@H]2Nn3c(COc4ccccc4)nnc3S2)cc1. The highest BCUT2D eigenvalue weighted by Gasteiger charge is 2.27. The van der Waals surface area contributed by atoms with E-state index >= 15 is 0 Å². The van der Waals surface area contributed by atoms with Crippen molar-refractivity contribution in [2.24, 2.45) is 0 Å². The summed E-state index contributed by atoms with van der Waals surface area (Å²) in [4.78, 5) is 0. The van der Waals surface area contributed by atoms with Crippen LogP contribution in [-0.4, -0.2) is 20.1 Å². The lowest BCUT2D eigenvalue weighted by molar-refractivity contribution is 0.291. The van der Waals surface area contributed by atoms with Crippen molar-refractivity contribution in [3.8, 4) is 5.75 Å². The fourth-order valence-electron chi connectivity index (χ4n) is 2.43. The van der Waals surface area contributed by atoms with Crippen LogP contribution < -0.4 is 15.4 Å². The van der Waals surface area contributed by atoms with E-state index in [4.69, 9.17) is 9.94 Å². The summed E-state index contributed by atoms with van der Waals surface area (Å²) in [6.07, 6.45) is 0. The molecule has 0 amide bonds. The summed E-state index contributed by atoms with van der Waals surface area (Å²) in [5.74, 6) is 1.44. The first-order chi connectivity index (χ1) is 12.2. The summed E-state index contributed by atoms with van der Waals surface area (Å²) in [5.41, 5.74) is 4.44. The van der Waals surface area contributed by atoms with E-state index in [-0.39, 0.29) is 16.3 Å². The predicted molar refractivity (Wildman–Crippen MR) is 92.8 cm³/mol. The first kappa shape index (κ1) is 15.8. The monoisotopic (exact) mass is 356 g/mol. The Kier molecular flexibility index (Phi) is 4.18. The molecule has 0 bridgehead atoms. The Hall–Kier alpha value is -2.75. The highest BCUT2D eigenvalue weighted by molar-refractivity contribution is 7.99. The number of fused-ring (bicyclic) bond motifs is 1. The number of nitrogens with zero attached hydrogens (tertiary/aromatic N) is 4. The van der Waals surface area contributed by atoms with Gasteiger partial charge in [-0.05, 0) is 29.8 Å². The number of para-hydroxylation sites is 1. The van der Waals surface area contributed by atoms with E-state index < -0.39 is 0 Å². The zero-order valence-corrected chi connectivity index (χ0v) is 13.8. The number of hydrogen-bond acceptors (Lipinski definition) is 8. The standard InChI is InChI=1S/C16H14N5O3S/c22-21(23)12-8-6-11(7-9-12)15-19-20-14(17-18-16(20)25-15)10-24-13-4-2-1-3-5-13/h1-9,15,19,22H,10H2/q-1/t15-/m0/s1. The Balaban J connectivity index is 1.45. The lowest BCUT2D eigenvalue weighted by Gasteiger charge is -2.22. The molecule has 1 aromatic heterocycles. The lowest BCUT2D eigenvalue weighted by Crippen LogP contribution is -2.17.